The molecule has 1 aromatic rings. The molecule has 0 saturated heterocycles. The summed E-state index contributed by atoms with van der Waals surface area (Å²) in [6.45, 7) is 6.73. The van der Waals surface area contributed by atoms with Gasteiger partial charge in [-0.3, -0.25) is 4.79 Å². The van der Waals surface area contributed by atoms with Crippen molar-refractivity contribution in [2.45, 2.75) is 71.3 Å². The summed E-state index contributed by atoms with van der Waals surface area (Å²) in [5, 5.41) is 8.63. The molecule has 5 nitrogen and oxygen atoms in total. The Hall–Kier alpha value is -1.39. The van der Waals surface area contributed by atoms with Crippen LogP contribution in [0.15, 0.2) is 0 Å². The van der Waals surface area contributed by atoms with E-state index in [4.69, 9.17) is 0 Å². The van der Waals surface area contributed by atoms with Gasteiger partial charge in [-0.15, -0.1) is 10.2 Å². The maximum atomic E-state index is 12.6. The molecule has 1 aromatic heterocycles. The Morgan fingerprint density at radius 2 is 1.91 bits per heavy atom. The van der Waals surface area contributed by atoms with Crippen LogP contribution in [0, 0.1) is 5.92 Å². The van der Waals surface area contributed by atoms with E-state index in [1.54, 1.807) is 0 Å². The average molecular weight is 304 g/mol. The fourth-order valence-electron chi connectivity index (χ4n) is 3.79. The minimum Gasteiger partial charge on any atom is -0.340 e. The molecular weight excluding hydrogens is 276 g/mol. The highest BCUT2D eigenvalue weighted by Crippen LogP contribution is 2.27. The van der Waals surface area contributed by atoms with Crippen molar-refractivity contribution in [2.24, 2.45) is 5.92 Å². The lowest BCUT2D eigenvalue weighted by Gasteiger charge is -2.25. The number of amides is 1. The first-order valence-corrected chi connectivity index (χ1v) is 8.85. The standard InChI is InChI=1S/C17H28N4O/c1-13(2)17-19-18-15-8-9-20(10-11-21(15)17)16(22)12-14-6-4-3-5-7-14/h13-14H,3-12H2,1-2H3. The number of hydrogen-bond donors (Lipinski definition) is 0. The number of nitrogens with zero attached hydrogens (tertiary/aromatic N) is 4. The number of aromatic nitrogens is 3. The Labute approximate surface area is 133 Å². The van der Waals surface area contributed by atoms with Crippen molar-refractivity contribution >= 4 is 5.91 Å². The number of carbonyl (C=O) groups excluding carboxylic acids is 1. The van der Waals surface area contributed by atoms with Crippen LogP contribution in [-0.4, -0.2) is 38.7 Å². The lowest BCUT2D eigenvalue weighted by Crippen LogP contribution is -2.35. The van der Waals surface area contributed by atoms with Gasteiger partial charge in [-0.25, -0.2) is 0 Å². The van der Waals surface area contributed by atoms with Crippen LogP contribution >= 0.6 is 0 Å². The minimum atomic E-state index is 0.344. The van der Waals surface area contributed by atoms with Crippen molar-refractivity contribution in [3.8, 4) is 0 Å². The van der Waals surface area contributed by atoms with Gasteiger partial charge in [0, 0.05) is 38.4 Å². The molecule has 0 aromatic carbocycles. The van der Waals surface area contributed by atoms with E-state index in [2.05, 4.69) is 28.6 Å². The normalized spacial score (nSPS) is 20.0. The third-order valence-electron chi connectivity index (χ3n) is 5.11. The smallest absolute Gasteiger partial charge is 0.222 e. The van der Waals surface area contributed by atoms with E-state index in [-0.39, 0.29) is 0 Å². The fourth-order valence-corrected chi connectivity index (χ4v) is 3.79. The van der Waals surface area contributed by atoms with Gasteiger partial charge in [-0.2, -0.15) is 0 Å². The van der Waals surface area contributed by atoms with Crippen LogP contribution in [0.5, 0.6) is 0 Å². The molecule has 0 N–H and O–H groups in total. The first-order valence-electron chi connectivity index (χ1n) is 8.85. The first-order chi connectivity index (χ1) is 10.6. The molecule has 1 saturated carbocycles. The number of carbonyl (C=O) groups is 1. The topological polar surface area (TPSA) is 51.0 Å². The van der Waals surface area contributed by atoms with Crippen LogP contribution in [-0.2, 0) is 17.8 Å². The summed E-state index contributed by atoms with van der Waals surface area (Å²) in [5.74, 6) is 3.44. The second kappa shape index (κ2) is 6.80. The zero-order valence-electron chi connectivity index (χ0n) is 13.9. The van der Waals surface area contributed by atoms with E-state index in [1.807, 2.05) is 4.90 Å². The molecular formula is C17H28N4O. The van der Waals surface area contributed by atoms with Gasteiger partial charge in [-0.05, 0) is 18.8 Å². The van der Waals surface area contributed by atoms with E-state index in [0.29, 0.717) is 17.7 Å². The Morgan fingerprint density at radius 3 is 2.64 bits per heavy atom. The van der Waals surface area contributed by atoms with Crippen LogP contribution in [0.25, 0.3) is 0 Å². The molecule has 0 spiro atoms. The Bertz CT molecular complexity index is 517. The van der Waals surface area contributed by atoms with Crippen LogP contribution in [0.3, 0.4) is 0 Å². The zero-order chi connectivity index (χ0) is 15.5. The highest BCUT2D eigenvalue weighted by molar-refractivity contribution is 5.76. The molecule has 22 heavy (non-hydrogen) atoms. The molecule has 0 atom stereocenters. The van der Waals surface area contributed by atoms with Gasteiger partial charge in [-0.1, -0.05) is 33.1 Å². The lowest BCUT2D eigenvalue weighted by molar-refractivity contribution is -0.132. The summed E-state index contributed by atoms with van der Waals surface area (Å²) >= 11 is 0. The zero-order valence-corrected chi connectivity index (χ0v) is 13.9. The number of fused-ring (bicyclic) bond motifs is 1. The van der Waals surface area contributed by atoms with Gasteiger partial charge >= 0.3 is 0 Å². The maximum Gasteiger partial charge on any atom is 0.222 e. The summed E-state index contributed by atoms with van der Waals surface area (Å²) in [7, 11) is 0. The molecule has 2 aliphatic rings. The van der Waals surface area contributed by atoms with Crippen molar-refractivity contribution in [2.75, 3.05) is 13.1 Å². The van der Waals surface area contributed by atoms with E-state index >= 15 is 0 Å². The van der Waals surface area contributed by atoms with Crippen molar-refractivity contribution in [1.29, 1.82) is 0 Å². The highest BCUT2D eigenvalue weighted by atomic mass is 16.2. The van der Waals surface area contributed by atoms with Crippen LogP contribution in [0.4, 0.5) is 0 Å². The molecule has 1 amide bonds. The monoisotopic (exact) mass is 304 g/mol. The molecule has 0 bridgehead atoms. The van der Waals surface area contributed by atoms with Crippen molar-refractivity contribution in [3.63, 3.8) is 0 Å². The largest absolute Gasteiger partial charge is 0.340 e. The lowest BCUT2D eigenvalue weighted by atomic mass is 9.86. The number of rotatable bonds is 3. The van der Waals surface area contributed by atoms with Crippen molar-refractivity contribution in [1.82, 2.24) is 19.7 Å². The quantitative estimate of drug-likeness (QED) is 0.863. The first kappa shape index (κ1) is 15.5. The second-order valence-electron chi connectivity index (χ2n) is 7.12. The van der Waals surface area contributed by atoms with E-state index < -0.39 is 0 Å². The fraction of sp³-hybridized carbons (Fsp3) is 0.824. The predicted octanol–water partition coefficient (Wildman–Crippen LogP) is 2.76. The summed E-state index contributed by atoms with van der Waals surface area (Å²) in [5.41, 5.74) is 0. The summed E-state index contributed by atoms with van der Waals surface area (Å²) in [6.07, 6.45) is 8.01. The van der Waals surface area contributed by atoms with Gasteiger partial charge in [0.1, 0.15) is 11.6 Å². The summed E-state index contributed by atoms with van der Waals surface area (Å²) in [6, 6.07) is 0. The van der Waals surface area contributed by atoms with Gasteiger partial charge in [0.15, 0.2) is 0 Å². The second-order valence-corrected chi connectivity index (χ2v) is 7.12. The van der Waals surface area contributed by atoms with Crippen LogP contribution in [0.1, 0.15) is 69.9 Å². The Kier molecular flexibility index (Phi) is 4.79. The molecule has 3 rings (SSSR count). The molecule has 1 aliphatic carbocycles. The summed E-state index contributed by atoms with van der Waals surface area (Å²) in [4.78, 5) is 14.6. The summed E-state index contributed by atoms with van der Waals surface area (Å²) < 4.78 is 2.22. The van der Waals surface area contributed by atoms with E-state index in [1.165, 1.54) is 32.1 Å². The molecule has 0 radical (unpaired) electrons. The van der Waals surface area contributed by atoms with Gasteiger partial charge < -0.3 is 9.47 Å². The van der Waals surface area contributed by atoms with E-state index in [9.17, 15) is 4.79 Å². The van der Waals surface area contributed by atoms with Crippen LogP contribution < -0.4 is 0 Å². The average Bonchev–Trinajstić information content (AvgIpc) is 2.80. The molecule has 1 aliphatic heterocycles. The SMILES string of the molecule is CC(C)c1nnc2n1CCN(C(=O)CC1CCCCC1)CC2. The molecule has 0 unspecified atom stereocenters. The van der Waals surface area contributed by atoms with Crippen molar-refractivity contribution < 1.29 is 4.79 Å². The predicted molar refractivity (Wildman–Crippen MR) is 85.6 cm³/mol. The van der Waals surface area contributed by atoms with Crippen LogP contribution in [0.2, 0.25) is 0 Å². The van der Waals surface area contributed by atoms with Gasteiger partial charge in [0.25, 0.3) is 0 Å². The molecule has 5 heteroatoms. The molecule has 1 fully saturated rings. The van der Waals surface area contributed by atoms with Crippen molar-refractivity contribution in [3.05, 3.63) is 11.6 Å². The highest BCUT2D eigenvalue weighted by Gasteiger charge is 2.25. The molecule has 122 valence electrons. The third kappa shape index (κ3) is 3.33. The van der Waals surface area contributed by atoms with E-state index in [0.717, 1.165) is 44.1 Å². The van der Waals surface area contributed by atoms with Gasteiger partial charge in [0.05, 0.1) is 0 Å². The minimum absolute atomic E-state index is 0.344. The maximum absolute atomic E-state index is 12.6. The third-order valence-corrected chi connectivity index (χ3v) is 5.11. The number of hydrogen-bond acceptors (Lipinski definition) is 3. The Morgan fingerprint density at radius 1 is 1.14 bits per heavy atom. The van der Waals surface area contributed by atoms with Gasteiger partial charge in [0.2, 0.25) is 5.91 Å². The molecule has 2 heterocycles. The Balaban J connectivity index is 1.60.